The summed E-state index contributed by atoms with van der Waals surface area (Å²) in [6, 6.07) is 8.07. The lowest BCUT2D eigenvalue weighted by molar-refractivity contribution is -0.117. The molecule has 2 aliphatic rings. The van der Waals surface area contributed by atoms with Gasteiger partial charge in [-0.15, -0.1) is 24.0 Å². The monoisotopic (exact) mass is 502 g/mol. The third-order valence-electron chi connectivity index (χ3n) is 4.95. The highest BCUT2D eigenvalue weighted by molar-refractivity contribution is 14.0. The van der Waals surface area contributed by atoms with E-state index in [1.54, 1.807) is 7.05 Å². The number of hydrogen-bond acceptors (Lipinski definition) is 4. The molecule has 1 unspecified atom stereocenters. The maximum absolute atomic E-state index is 12.5. The van der Waals surface area contributed by atoms with Crippen LogP contribution in [0.25, 0.3) is 0 Å². The van der Waals surface area contributed by atoms with Gasteiger partial charge in [0.05, 0.1) is 19.8 Å². The lowest BCUT2D eigenvalue weighted by Crippen LogP contribution is -2.44. The van der Waals surface area contributed by atoms with Crippen molar-refractivity contribution in [1.82, 2.24) is 10.6 Å². The molecule has 1 fully saturated rings. The van der Waals surface area contributed by atoms with Crippen molar-refractivity contribution in [2.45, 2.75) is 19.3 Å². The van der Waals surface area contributed by atoms with E-state index in [0.717, 1.165) is 57.9 Å². The number of fused-ring (bicyclic) bond motifs is 1. The molecule has 1 amide bonds. The minimum absolute atomic E-state index is 0. The van der Waals surface area contributed by atoms with Crippen molar-refractivity contribution in [2.75, 3.05) is 58.0 Å². The summed E-state index contributed by atoms with van der Waals surface area (Å²) in [5.74, 6) is 1.25. The minimum atomic E-state index is 0. The van der Waals surface area contributed by atoms with Crippen molar-refractivity contribution in [3.63, 3.8) is 0 Å². The van der Waals surface area contributed by atoms with Gasteiger partial charge < -0.3 is 25.0 Å². The number of para-hydroxylation sites is 1. The van der Waals surface area contributed by atoms with Gasteiger partial charge in [0, 0.05) is 45.0 Å². The summed E-state index contributed by atoms with van der Waals surface area (Å²) in [5.41, 5.74) is 2.26. The van der Waals surface area contributed by atoms with E-state index in [1.165, 1.54) is 5.56 Å². The van der Waals surface area contributed by atoms with Gasteiger partial charge in [0.25, 0.3) is 0 Å². The lowest BCUT2D eigenvalue weighted by Gasteiger charge is -2.19. The number of nitrogens with zero attached hydrogens (tertiary/aromatic N) is 2. The first-order valence-electron chi connectivity index (χ1n) is 9.76. The summed E-state index contributed by atoms with van der Waals surface area (Å²) >= 11 is 0. The largest absolute Gasteiger partial charge is 0.381 e. The van der Waals surface area contributed by atoms with Crippen molar-refractivity contribution in [2.24, 2.45) is 10.9 Å². The van der Waals surface area contributed by atoms with Crippen LogP contribution in [-0.4, -0.2) is 65.0 Å². The zero-order valence-corrected chi connectivity index (χ0v) is 18.8. The Bertz CT molecular complexity index is 650. The molecule has 1 saturated heterocycles. The van der Waals surface area contributed by atoms with E-state index >= 15 is 0 Å². The van der Waals surface area contributed by atoms with Crippen molar-refractivity contribution in [3.05, 3.63) is 29.8 Å². The third kappa shape index (κ3) is 6.59. The molecule has 2 heterocycles. The van der Waals surface area contributed by atoms with E-state index in [2.05, 4.69) is 21.7 Å². The number of hydrogen-bond donors (Lipinski definition) is 2. The fourth-order valence-electron chi connectivity index (χ4n) is 3.42. The quantitative estimate of drug-likeness (QED) is 0.246. The van der Waals surface area contributed by atoms with Crippen LogP contribution in [-0.2, 0) is 20.7 Å². The lowest BCUT2D eigenvalue weighted by atomic mass is 10.1. The number of ether oxygens (including phenoxy) is 2. The van der Waals surface area contributed by atoms with E-state index in [0.29, 0.717) is 18.5 Å². The number of anilines is 1. The topological polar surface area (TPSA) is 75.2 Å². The van der Waals surface area contributed by atoms with Crippen LogP contribution in [0, 0.1) is 5.92 Å². The van der Waals surface area contributed by atoms with E-state index in [9.17, 15) is 4.79 Å². The number of halogens is 1. The van der Waals surface area contributed by atoms with Gasteiger partial charge in [0.1, 0.15) is 0 Å². The summed E-state index contributed by atoms with van der Waals surface area (Å²) in [5, 5.41) is 6.33. The molecule has 1 atom stereocenters. The molecule has 2 N–H and O–H groups in total. The molecule has 0 radical (unpaired) electrons. The molecule has 1 aromatic rings. The minimum Gasteiger partial charge on any atom is -0.381 e. The highest BCUT2D eigenvalue weighted by Crippen LogP contribution is 2.27. The van der Waals surface area contributed by atoms with Crippen molar-refractivity contribution < 1.29 is 14.3 Å². The number of amides is 1. The zero-order chi connectivity index (χ0) is 18.9. The molecule has 3 rings (SSSR count). The number of nitrogens with one attached hydrogen (secondary N) is 2. The second-order valence-corrected chi connectivity index (χ2v) is 6.93. The molecule has 0 spiro atoms. The normalized spacial score (nSPS) is 18.5. The average molecular weight is 502 g/mol. The highest BCUT2D eigenvalue weighted by Gasteiger charge is 2.23. The van der Waals surface area contributed by atoms with Gasteiger partial charge in [-0.25, -0.2) is 0 Å². The van der Waals surface area contributed by atoms with Gasteiger partial charge in [-0.1, -0.05) is 18.2 Å². The first-order chi connectivity index (χ1) is 13.3. The molecule has 1 aromatic carbocycles. The number of carbonyl (C=O) groups excluding carboxylic acids is 1. The molecular weight excluding hydrogens is 471 g/mol. The standard InChI is InChI=1S/C20H30N4O3.HI/c1-21-20(22-9-4-11-26-14-16-8-12-27-15-16)23-13-19(25)24-10-7-17-5-2-3-6-18(17)24;/h2-3,5-6,16H,4,7-15H2,1H3,(H2,21,22,23);1H. The molecule has 0 saturated carbocycles. The molecule has 0 aromatic heterocycles. The first kappa shape index (κ1) is 22.9. The van der Waals surface area contributed by atoms with Crippen molar-refractivity contribution >= 4 is 41.5 Å². The Morgan fingerprint density at radius 2 is 2.21 bits per heavy atom. The van der Waals surface area contributed by atoms with Crippen LogP contribution in [0.5, 0.6) is 0 Å². The van der Waals surface area contributed by atoms with Crippen molar-refractivity contribution in [1.29, 1.82) is 0 Å². The van der Waals surface area contributed by atoms with Gasteiger partial charge in [-0.2, -0.15) is 0 Å². The second-order valence-electron chi connectivity index (χ2n) is 6.93. The van der Waals surface area contributed by atoms with Crippen LogP contribution >= 0.6 is 24.0 Å². The number of guanidine groups is 1. The smallest absolute Gasteiger partial charge is 0.246 e. The van der Waals surface area contributed by atoms with Crippen LogP contribution in [0.15, 0.2) is 29.3 Å². The van der Waals surface area contributed by atoms with E-state index in [1.807, 2.05) is 23.1 Å². The SMILES string of the molecule is CN=C(NCCCOCC1CCOC1)NCC(=O)N1CCc2ccccc21.I. The Labute approximate surface area is 184 Å². The van der Waals surface area contributed by atoms with E-state index < -0.39 is 0 Å². The Hall–Kier alpha value is -1.39. The summed E-state index contributed by atoms with van der Waals surface area (Å²) in [7, 11) is 1.71. The van der Waals surface area contributed by atoms with Crippen LogP contribution < -0.4 is 15.5 Å². The molecule has 156 valence electrons. The molecule has 28 heavy (non-hydrogen) atoms. The fraction of sp³-hybridized carbons (Fsp3) is 0.600. The van der Waals surface area contributed by atoms with Crippen LogP contribution in [0.2, 0.25) is 0 Å². The van der Waals surface area contributed by atoms with E-state index in [4.69, 9.17) is 9.47 Å². The maximum atomic E-state index is 12.5. The molecule has 8 heteroatoms. The molecule has 0 aliphatic carbocycles. The number of benzene rings is 1. The molecular formula is C20H31IN4O3. The Kier molecular flexibility index (Phi) is 10.0. The summed E-state index contributed by atoms with van der Waals surface area (Å²) in [6.07, 6.45) is 2.91. The van der Waals surface area contributed by atoms with Crippen LogP contribution in [0.3, 0.4) is 0 Å². The van der Waals surface area contributed by atoms with Crippen LogP contribution in [0.1, 0.15) is 18.4 Å². The predicted octanol–water partition coefficient (Wildman–Crippen LogP) is 1.80. The first-order valence-corrected chi connectivity index (χ1v) is 9.76. The summed E-state index contributed by atoms with van der Waals surface area (Å²) in [4.78, 5) is 18.5. The number of rotatable bonds is 8. The maximum Gasteiger partial charge on any atom is 0.246 e. The van der Waals surface area contributed by atoms with Crippen LogP contribution in [0.4, 0.5) is 5.69 Å². The Morgan fingerprint density at radius 1 is 1.36 bits per heavy atom. The Balaban J connectivity index is 0.00000280. The molecule has 7 nitrogen and oxygen atoms in total. The molecule has 0 bridgehead atoms. The van der Waals surface area contributed by atoms with Gasteiger partial charge in [-0.3, -0.25) is 9.79 Å². The van der Waals surface area contributed by atoms with Gasteiger partial charge in [0.15, 0.2) is 5.96 Å². The number of aliphatic imine (C=N–C) groups is 1. The zero-order valence-electron chi connectivity index (χ0n) is 16.5. The average Bonchev–Trinajstić information content (AvgIpc) is 3.36. The summed E-state index contributed by atoms with van der Waals surface area (Å²) < 4.78 is 11.0. The van der Waals surface area contributed by atoms with E-state index in [-0.39, 0.29) is 36.4 Å². The third-order valence-corrected chi connectivity index (χ3v) is 4.95. The Morgan fingerprint density at radius 3 is 3.00 bits per heavy atom. The number of carbonyl (C=O) groups is 1. The van der Waals surface area contributed by atoms with Crippen molar-refractivity contribution in [3.8, 4) is 0 Å². The fourth-order valence-corrected chi connectivity index (χ4v) is 3.42. The second kappa shape index (κ2) is 12.2. The summed E-state index contributed by atoms with van der Waals surface area (Å²) in [6.45, 7) is 4.90. The van der Waals surface area contributed by atoms with Gasteiger partial charge in [0.2, 0.25) is 5.91 Å². The predicted molar refractivity (Wildman–Crippen MR) is 122 cm³/mol. The van der Waals surface area contributed by atoms with Gasteiger partial charge in [-0.05, 0) is 30.9 Å². The molecule has 2 aliphatic heterocycles. The van der Waals surface area contributed by atoms with Gasteiger partial charge >= 0.3 is 0 Å². The highest BCUT2D eigenvalue weighted by atomic mass is 127.